The van der Waals surface area contributed by atoms with Crippen molar-refractivity contribution in [3.05, 3.63) is 0 Å². The Labute approximate surface area is 57.1 Å². The fourth-order valence-electron chi connectivity index (χ4n) is 0. The normalized spacial score (nSPS) is 14.2. The Hall–Kier alpha value is 0.310. The molecule has 0 saturated heterocycles. The third-order valence-corrected chi connectivity index (χ3v) is 2.15. The summed E-state index contributed by atoms with van der Waals surface area (Å²) in [6, 6.07) is 0. The first-order valence-corrected chi connectivity index (χ1v) is 3.21. The van der Waals surface area contributed by atoms with Gasteiger partial charge in [0, 0.05) is 10.3 Å². The summed E-state index contributed by atoms with van der Waals surface area (Å²) in [4.78, 5) is 0. The van der Waals surface area contributed by atoms with Gasteiger partial charge in [0.05, 0.1) is 0 Å². The van der Waals surface area contributed by atoms with Gasteiger partial charge in [0.25, 0.3) is 0 Å². The van der Waals surface area contributed by atoms with E-state index in [2.05, 4.69) is 12.6 Å². The van der Waals surface area contributed by atoms with Crippen LogP contribution in [0.1, 0.15) is 27.7 Å². The summed E-state index contributed by atoms with van der Waals surface area (Å²) < 4.78 is -0.0903. The molecule has 2 N–H and O–H groups in total. The van der Waals surface area contributed by atoms with Crippen molar-refractivity contribution < 1.29 is 0 Å². The van der Waals surface area contributed by atoms with Gasteiger partial charge in [-0.2, -0.15) is 12.6 Å². The summed E-state index contributed by atoms with van der Waals surface area (Å²) in [5, 5.41) is 0. The van der Waals surface area contributed by atoms with E-state index in [1.54, 1.807) is 0 Å². The molecule has 0 radical (unpaired) electrons. The molecule has 0 aromatic carbocycles. The highest BCUT2D eigenvalue weighted by Crippen LogP contribution is 2.24. The van der Waals surface area contributed by atoms with Crippen LogP contribution in [0, 0.1) is 0 Å². The SMILES string of the molecule is CC(C)(N)C(C)(C)S. The average molecular weight is 133 g/mol. The first kappa shape index (κ1) is 8.31. The molecule has 0 bridgehead atoms. The number of rotatable bonds is 1. The Kier molecular flexibility index (Phi) is 2.00. The average Bonchev–Trinajstić information content (AvgIpc) is 1.25. The topological polar surface area (TPSA) is 26.0 Å². The van der Waals surface area contributed by atoms with Crippen molar-refractivity contribution in [3.8, 4) is 0 Å². The number of hydrogen-bond acceptors (Lipinski definition) is 2. The van der Waals surface area contributed by atoms with Gasteiger partial charge in [-0.15, -0.1) is 0 Å². The molecule has 0 fully saturated rings. The summed E-state index contributed by atoms with van der Waals surface area (Å²) >= 11 is 4.31. The molecule has 50 valence electrons. The van der Waals surface area contributed by atoms with E-state index in [-0.39, 0.29) is 10.3 Å². The number of hydrogen-bond donors (Lipinski definition) is 2. The van der Waals surface area contributed by atoms with Gasteiger partial charge in [0.15, 0.2) is 0 Å². The van der Waals surface area contributed by atoms with Gasteiger partial charge >= 0.3 is 0 Å². The van der Waals surface area contributed by atoms with E-state index in [4.69, 9.17) is 5.73 Å². The van der Waals surface area contributed by atoms with Gasteiger partial charge in [0.1, 0.15) is 0 Å². The van der Waals surface area contributed by atoms with Crippen LogP contribution in [0.4, 0.5) is 0 Å². The van der Waals surface area contributed by atoms with E-state index in [0.717, 1.165) is 0 Å². The third-order valence-electron chi connectivity index (χ3n) is 1.58. The minimum Gasteiger partial charge on any atom is -0.324 e. The van der Waals surface area contributed by atoms with Crippen LogP contribution in [0.2, 0.25) is 0 Å². The second-order valence-electron chi connectivity index (χ2n) is 3.28. The molecule has 0 aliphatic rings. The van der Waals surface area contributed by atoms with E-state index in [1.807, 2.05) is 27.7 Å². The van der Waals surface area contributed by atoms with Gasteiger partial charge in [-0.3, -0.25) is 0 Å². The maximum atomic E-state index is 5.74. The largest absolute Gasteiger partial charge is 0.324 e. The zero-order valence-corrected chi connectivity index (χ0v) is 6.92. The Morgan fingerprint density at radius 2 is 1.25 bits per heavy atom. The van der Waals surface area contributed by atoms with E-state index >= 15 is 0 Å². The Morgan fingerprint density at radius 3 is 1.25 bits per heavy atom. The van der Waals surface area contributed by atoms with E-state index in [1.165, 1.54) is 0 Å². The minimum absolute atomic E-state index is 0.0903. The van der Waals surface area contributed by atoms with Crippen molar-refractivity contribution in [2.24, 2.45) is 5.73 Å². The summed E-state index contributed by atoms with van der Waals surface area (Å²) in [6.07, 6.45) is 0. The van der Waals surface area contributed by atoms with E-state index < -0.39 is 0 Å². The standard InChI is InChI=1S/C6H15NS/c1-5(2,7)6(3,4)8/h8H,7H2,1-4H3. The van der Waals surface area contributed by atoms with E-state index in [9.17, 15) is 0 Å². The molecule has 1 nitrogen and oxygen atoms in total. The van der Waals surface area contributed by atoms with Crippen LogP contribution in [0.5, 0.6) is 0 Å². The summed E-state index contributed by atoms with van der Waals surface area (Å²) in [7, 11) is 0. The van der Waals surface area contributed by atoms with Crippen molar-refractivity contribution >= 4 is 12.6 Å². The molecule has 0 aromatic heterocycles. The first-order chi connectivity index (χ1) is 3.25. The van der Waals surface area contributed by atoms with Gasteiger partial charge in [-0.25, -0.2) is 0 Å². The maximum absolute atomic E-state index is 5.74. The Morgan fingerprint density at radius 1 is 1.12 bits per heavy atom. The molecular weight excluding hydrogens is 118 g/mol. The highest BCUT2D eigenvalue weighted by molar-refractivity contribution is 7.81. The molecule has 0 saturated carbocycles. The summed E-state index contributed by atoms with van der Waals surface area (Å²) in [5.41, 5.74) is 5.54. The van der Waals surface area contributed by atoms with Crippen LogP contribution in [0.3, 0.4) is 0 Å². The van der Waals surface area contributed by atoms with Crippen LogP contribution < -0.4 is 5.73 Å². The molecule has 0 spiro atoms. The van der Waals surface area contributed by atoms with Gasteiger partial charge in [-0.05, 0) is 27.7 Å². The fraction of sp³-hybridized carbons (Fsp3) is 1.00. The molecule has 0 aromatic rings. The molecule has 2 heteroatoms. The Bertz CT molecular complexity index is 63.5. The molecule has 0 heterocycles. The van der Waals surface area contributed by atoms with Crippen molar-refractivity contribution in [2.45, 2.75) is 38.0 Å². The maximum Gasteiger partial charge on any atom is 0.0247 e. The highest BCUT2D eigenvalue weighted by Gasteiger charge is 2.28. The summed E-state index contributed by atoms with van der Waals surface area (Å²) in [5.74, 6) is 0. The lowest BCUT2D eigenvalue weighted by Gasteiger charge is -2.33. The molecule has 0 aliphatic carbocycles. The van der Waals surface area contributed by atoms with Crippen molar-refractivity contribution in [2.75, 3.05) is 0 Å². The summed E-state index contributed by atoms with van der Waals surface area (Å²) in [6.45, 7) is 7.96. The smallest absolute Gasteiger partial charge is 0.0247 e. The lowest BCUT2D eigenvalue weighted by atomic mass is 9.91. The predicted molar refractivity (Wildman–Crippen MR) is 41.3 cm³/mol. The molecule has 0 atom stereocenters. The predicted octanol–water partition coefficient (Wildman–Crippen LogP) is 1.43. The second-order valence-corrected chi connectivity index (χ2v) is 4.40. The molecular formula is C6H15NS. The van der Waals surface area contributed by atoms with Gasteiger partial charge < -0.3 is 5.73 Å². The molecule has 0 unspecified atom stereocenters. The molecule has 0 aliphatic heterocycles. The zero-order chi connectivity index (χ0) is 7.00. The van der Waals surface area contributed by atoms with Crippen LogP contribution in [0.15, 0.2) is 0 Å². The van der Waals surface area contributed by atoms with Gasteiger partial charge in [0.2, 0.25) is 0 Å². The Balaban J connectivity index is 4.02. The van der Waals surface area contributed by atoms with Crippen LogP contribution in [-0.4, -0.2) is 10.3 Å². The second kappa shape index (κ2) is 1.92. The number of thiol groups is 1. The van der Waals surface area contributed by atoms with Crippen LogP contribution in [-0.2, 0) is 0 Å². The van der Waals surface area contributed by atoms with Crippen LogP contribution >= 0.6 is 12.6 Å². The lowest BCUT2D eigenvalue weighted by Crippen LogP contribution is -2.48. The quantitative estimate of drug-likeness (QED) is 0.520. The minimum atomic E-state index is -0.198. The monoisotopic (exact) mass is 133 g/mol. The van der Waals surface area contributed by atoms with Crippen molar-refractivity contribution in [1.29, 1.82) is 0 Å². The molecule has 0 amide bonds. The van der Waals surface area contributed by atoms with E-state index in [0.29, 0.717) is 0 Å². The zero-order valence-electron chi connectivity index (χ0n) is 6.02. The van der Waals surface area contributed by atoms with Crippen molar-refractivity contribution in [1.82, 2.24) is 0 Å². The third kappa shape index (κ3) is 2.05. The fourth-order valence-corrected chi connectivity index (χ4v) is 0. The molecule has 0 rings (SSSR count). The number of nitrogens with two attached hydrogens (primary N) is 1. The first-order valence-electron chi connectivity index (χ1n) is 2.76. The lowest BCUT2D eigenvalue weighted by molar-refractivity contribution is 0.415. The molecule has 8 heavy (non-hydrogen) atoms. The van der Waals surface area contributed by atoms with Crippen LogP contribution in [0.25, 0.3) is 0 Å². The van der Waals surface area contributed by atoms with Crippen molar-refractivity contribution in [3.63, 3.8) is 0 Å². The highest BCUT2D eigenvalue weighted by atomic mass is 32.1. The van der Waals surface area contributed by atoms with Gasteiger partial charge in [-0.1, -0.05) is 0 Å².